The number of carbonyl (C=O) groups excluding carboxylic acids is 2. The lowest BCUT2D eigenvalue weighted by Gasteiger charge is -2.30. The van der Waals surface area contributed by atoms with Gasteiger partial charge < -0.3 is 15.0 Å². The molecule has 0 saturated carbocycles. The van der Waals surface area contributed by atoms with Crippen LogP contribution < -0.4 is 10.1 Å². The van der Waals surface area contributed by atoms with E-state index in [9.17, 15) is 9.59 Å². The normalized spacial score (nSPS) is 13.2. The van der Waals surface area contributed by atoms with E-state index in [-0.39, 0.29) is 36.4 Å². The predicted molar refractivity (Wildman–Crippen MR) is 135 cm³/mol. The molecular formula is C26H34Cl2N2O3. The van der Waals surface area contributed by atoms with Crippen molar-refractivity contribution in [3.8, 4) is 5.75 Å². The van der Waals surface area contributed by atoms with Crippen LogP contribution in [0.25, 0.3) is 0 Å². The van der Waals surface area contributed by atoms with Crippen LogP contribution >= 0.6 is 23.2 Å². The highest BCUT2D eigenvalue weighted by Crippen LogP contribution is 2.25. The summed E-state index contributed by atoms with van der Waals surface area (Å²) in [6, 6.07) is 12.1. The average molecular weight is 493 g/mol. The van der Waals surface area contributed by atoms with E-state index < -0.39 is 6.04 Å². The smallest absolute Gasteiger partial charge is 0.261 e. The third-order valence-electron chi connectivity index (χ3n) is 5.61. The number of halogens is 2. The topological polar surface area (TPSA) is 58.6 Å². The van der Waals surface area contributed by atoms with Gasteiger partial charge in [0.1, 0.15) is 11.8 Å². The molecule has 0 fully saturated rings. The van der Waals surface area contributed by atoms with Crippen LogP contribution in [0, 0.1) is 0 Å². The Morgan fingerprint density at radius 2 is 1.70 bits per heavy atom. The molecule has 2 rings (SSSR count). The van der Waals surface area contributed by atoms with Crippen molar-refractivity contribution in [3.63, 3.8) is 0 Å². The number of amides is 2. The fourth-order valence-electron chi connectivity index (χ4n) is 3.16. The van der Waals surface area contributed by atoms with Crippen molar-refractivity contribution >= 4 is 35.0 Å². The van der Waals surface area contributed by atoms with Crippen LogP contribution in [0.4, 0.5) is 0 Å². The van der Waals surface area contributed by atoms with Crippen LogP contribution in [0.5, 0.6) is 5.75 Å². The van der Waals surface area contributed by atoms with E-state index >= 15 is 0 Å². The Labute approximate surface area is 207 Å². The Balaban J connectivity index is 2.18. The first-order valence-electron chi connectivity index (χ1n) is 11.2. The van der Waals surface area contributed by atoms with Gasteiger partial charge in [0, 0.05) is 22.6 Å². The Hall–Kier alpha value is -2.24. The van der Waals surface area contributed by atoms with Crippen molar-refractivity contribution in [2.45, 2.75) is 72.0 Å². The monoisotopic (exact) mass is 492 g/mol. The molecule has 1 N–H and O–H groups in total. The van der Waals surface area contributed by atoms with E-state index in [4.69, 9.17) is 27.9 Å². The molecule has 0 unspecified atom stereocenters. The molecule has 2 aromatic rings. The number of nitrogens with zero attached hydrogens (tertiary/aromatic N) is 1. The fraction of sp³-hybridized carbons (Fsp3) is 0.462. The quantitative estimate of drug-likeness (QED) is 0.466. The van der Waals surface area contributed by atoms with Crippen LogP contribution in [0.2, 0.25) is 10.0 Å². The van der Waals surface area contributed by atoms with Gasteiger partial charge in [0.15, 0.2) is 6.61 Å². The van der Waals surface area contributed by atoms with E-state index in [1.165, 1.54) is 10.5 Å². The largest absolute Gasteiger partial charge is 0.484 e. The lowest BCUT2D eigenvalue weighted by atomic mass is 9.87. The van der Waals surface area contributed by atoms with E-state index in [0.717, 1.165) is 6.42 Å². The first-order valence-corrected chi connectivity index (χ1v) is 11.9. The summed E-state index contributed by atoms with van der Waals surface area (Å²) in [5.41, 5.74) is 1.91. The van der Waals surface area contributed by atoms with Crippen molar-refractivity contribution < 1.29 is 14.3 Å². The summed E-state index contributed by atoms with van der Waals surface area (Å²) in [5.74, 6) is 0.0579. The second-order valence-corrected chi connectivity index (χ2v) is 10.2. The summed E-state index contributed by atoms with van der Waals surface area (Å²) in [5, 5.41) is 3.88. The van der Waals surface area contributed by atoms with Crippen molar-refractivity contribution in [1.82, 2.24) is 10.2 Å². The van der Waals surface area contributed by atoms with E-state index in [0.29, 0.717) is 21.4 Å². The zero-order valence-electron chi connectivity index (χ0n) is 20.2. The number of benzene rings is 2. The number of rotatable bonds is 9. The summed E-state index contributed by atoms with van der Waals surface area (Å²) in [6.45, 7) is 12.0. The summed E-state index contributed by atoms with van der Waals surface area (Å²) in [7, 11) is 0. The number of hydrogen-bond donors (Lipinski definition) is 1. The van der Waals surface area contributed by atoms with Gasteiger partial charge in [-0.05, 0) is 61.1 Å². The molecule has 2 amide bonds. The molecule has 5 nitrogen and oxygen atoms in total. The highest BCUT2D eigenvalue weighted by Gasteiger charge is 2.28. The molecule has 180 valence electrons. The van der Waals surface area contributed by atoms with Gasteiger partial charge >= 0.3 is 0 Å². The average Bonchev–Trinajstić information content (AvgIpc) is 2.76. The molecule has 0 aromatic heterocycles. The second kappa shape index (κ2) is 11.8. The predicted octanol–water partition coefficient (Wildman–Crippen LogP) is 6.00. The van der Waals surface area contributed by atoms with Crippen molar-refractivity contribution in [2.24, 2.45) is 0 Å². The number of ether oxygens (including phenoxy) is 1. The van der Waals surface area contributed by atoms with Crippen LogP contribution in [0.15, 0.2) is 42.5 Å². The van der Waals surface area contributed by atoms with Crippen LogP contribution in [-0.4, -0.2) is 35.4 Å². The first-order chi connectivity index (χ1) is 15.4. The molecule has 2 aromatic carbocycles. The summed E-state index contributed by atoms with van der Waals surface area (Å²) in [4.78, 5) is 27.5. The minimum atomic E-state index is -0.704. The van der Waals surface area contributed by atoms with Crippen molar-refractivity contribution in [3.05, 3.63) is 63.6 Å². The van der Waals surface area contributed by atoms with Gasteiger partial charge in [-0.3, -0.25) is 9.59 Å². The van der Waals surface area contributed by atoms with Crippen LogP contribution in [0.1, 0.15) is 59.1 Å². The highest BCUT2D eigenvalue weighted by molar-refractivity contribution is 6.35. The zero-order valence-corrected chi connectivity index (χ0v) is 21.8. The molecular weight excluding hydrogens is 459 g/mol. The molecule has 0 heterocycles. The van der Waals surface area contributed by atoms with Gasteiger partial charge in [-0.2, -0.15) is 0 Å². The number of carbonyl (C=O) groups is 2. The number of nitrogens with one attached hydrogen (secondary N) is 1. The summed E-state index contributed by atoms with van der Waals surface area (Å²) < 4.78 is 5.76. The first kappa shape index (κ1) is 27.0. The standard InChI is InChI=1S/C26H34Cl2N2O3/c1-7-17(2)29-25(32)18(3)30(15-19-8-11-21(27)14-23(19)28)24(31)16-33-22-12-9-20(10-13-22)26(4,5)6/h8-14,17-18H,7,15-16H2,1-6H3,(H,29,32)/t17-,18+/m0/s1. The summed E-state index contributed by atoms with van der Waals surface area (Å²) in [6.07, 6.45) is 0.795. The SMILES string of the molecule is CC[C@H](C)NC(=O)[C@@H](C)N(Cc1ccc(Cl)cc1Cl)C(=O)COc1ccc(C(C)(C)C)cc1. The Morgan fingerprint density at radius 3 is 2.24 bits per heavy atom. The number of hydrogen-bond acceptors (Lipinski definition) is 3. The Morgan fingerprint density at radius 1 is 1.06 bits per heavy atom. The van der Waals surface area contributed by atoms with Gasteiger partial charge in [-0.1, -0.05) is 69.1 Å². The van der Waals surface area contributed by atoms with E-state index in [1.54, 1.807) is 25.1 Å². The minimum Gasteiger partial charge on any atom is -0.484 e. The van der Waals surface area contributed by atoms with Gasteiger partial charge in [0.05, 0.1) is 0 Å². The molecule has 0 spiro atoms. The third kappa shape index (κ3) is 7.94. The van der Waals surface area contributed by atoms with E-state index in [2.05, 4.69) is 26.1 Å². The zero-order chi connectivity index (χ0) is 24.8. The maximum atomic E-state index is 13.2. The van der Waals surface area contributed by atoms with Crippen LogP contribution in [0.3, 0.4) is 0 Å². The lowest BCUT2D eigenvalue weighted by molar-refractivity contribution is -0.142. The third-order valence-corrected chi connectivity index (χ3v) is 6.19. The maximum Gasteiger partial charge on any atom is 0.261 e. The van der Waals surface area contributed by atoms with Gasteiger partial charge in [0.25, 0.3) is 5.91 Å². The Kier molecular flexibility index (Phi) is 9.62. The molecule has 2 atom stereocenters. The highest BCUT2D eigenvalue weighted by atomic mass is 35.5. The molecule has 0 radical (unpaired) electrons. The second-order valence-electron chi connectivity index (χ2n) is 9.31. The molecule has 0 bridgehead atoms. The van der Waals surface area contributed by atoms with Gasteiger partial charge in [0.2, 0.25) is 5.91 Å². The molecule has 7 heteroatoms. The minimum absolute atomic E-state index is 0.00797. The fourth-order valence-corrected chi connectivity index (χ4v) is 3.63. The van der Waals surface area contributed by atoms with Crippen molar-refractivity contribution in [2.75, 3.05) is 6.61 Å². The van der Waals surface area contributed by atoms with E-state index in [1.807, 2.05) is 38.1 Å². The molecule has 0 saturated heterocycles. The Bertz CT molecular complexity index is 955. The maximum absolute atomic E-state index is 13.2. The molecule has 0 aliphatic heterocycles. The van der Waals surface area contributed by atoms with Gasteiger partial charge in [-0.25, -0.2) is 0 Å². The van der Waals surface area contributed by atoms with Crippen molar-refractivity contribution in [1.29, 1.82) is 0 Å². The van der Waals surface area contributed by atoms with Crippen LogP contribution in [-0.2, 0) is 21.5 Å². The lowest BCUT2D eigenvalue weighted by Crippen LogP contribution is -2.50. The molecule has 33 heavy (non-hydrogen) atoms. The molecule has 0 aliphatic rings. The van der Waals surface area contributed by atoms with Gasteiger partial charge in [-0.15, -0.1) is 0 Å². The summed E-state index contributed by atoms with van der Waals surface area (Å²) >= 11 is 12.3. The molecule has 0 aliphatic carbocycles.